The molecule has 2 aromatic carbocycles. The van der Waals surface area contributed by atoms with Crippen LogP contribution >= 0.6 is 0 Å². The van der Waals surface area contributed by atoms with Gasteiger partial charge in [0, 0.05) is 13.6 Å². The van der Waals surface area contributed by atoms with E-state index in [1.165, 1.54) is 29.6 Å². The molecule has 1 N–H and O–H groups in total. The minimum absolute atomic E-state index is 0.0520. The molecule has 0 saturated heterocycles. The summed E-state index contributed by atoms with van der Waals surface area (Å²) >= 11 is 0. The summed E-state index contributed by atoms with van der Waals surface area (Å²) < 4.78 is 37.4. The average Bonchev–Trinajstić information content (AvgIpc) is 2.64. The second-order valence-corrected chi connectivity index (χ2v) is 7.73. The Hall–Kier alpha value is -2.58. The molecule has 0 fully saturated rings. The minimum Gasteiger partial charge on any atom is -0.492 e. The molecule has 2 aromatic rings. The van der Waals surface area contributed by atoms with Gasteiger partial charge in [0.2, 0.25) is 10.0 Å². The zero-order valence-corrected chi connectivity index (χ0v) is 16.5. The highest BCUT2D eigenvalue weighted by atomic mass is 32.2. The minimum atomic E-state index is -3.75. The second kappa shape index (κ2) is 9.38. The molecule has 7 nitrogen and oxygen atoms in total. The van der Waals surface area contributed by atoms with Gasteiger partial charge in [0.1, 0.15) is 5.75 Å². The van der Waals surface area contributed by atoms with Gasteiger partial charge in [-0.15, -0.1) is 0 Å². The number of nitrogens with zero attached hydrogens (tertiary/aromatic N) is 1. The molecule has 0 aromatic heterocycles. The van der Waals surface area contributed by atoms with E-state index in [0.29, 0.717) is 12.4 Å². The Kier molecular flexibility index (Phi) is 7.20. The Bertz CT molecular complexity index is 869. The maximum atomic E-state index is 12.9. The van der Waals surface area contributed by atoms with Gasteiger partial charge in [-0.25, -0.2) is 13.2 Å². The van der Waals surface area contributed by atoms with Crippen LogP contribution in [-0.4, -0.2) is 39.1 Å². The molecule has 0 aliphatic carbocycles. The van der Waals surface area contributed by atoms with Crippen LogP contribution in [0.3, 0.4) is 0 Å². The van der Waals surface area contributed by atoms with Crippen LogP contribution in [0.2, 0.25) is 0 Å². The standard InChI is InChI=1S/C19H24N2O5S/c1-4-25-18-12-11-16(13-17(18)20-19(22)26-5-2)27(23,24)21(3)14-15-9-7-6-8-10-15/h6-13H,4-5,14H2,1-3H3,(H,20,22). The molecule has 0 aliphatic heterocycles. The number of benzene rings is 2. The van der Waals surface area contributed by atoms with Gasteiger partial charge in [-0.3, -0.25) is 5.32 Å². The highest BCUT2D eigenvalue weighted by Crippen LogP contribution is 2.29. The van der Waals surface area contributed by atoms with Crippen molar-refractivity contribution in [3.05, 3.63) is 54.1 Å². The fourth-order valence-corrected chi connectivity index (χ4v) is 3.62. The van der Waals surface area contributed by atoms with Crippen molar-refractivity contribution < 1.29 is 22.7 Å². The maximum Gasteiger partial charge on any atom is 0.411 e. The highest BCUT2D eigenvalue weighted by molar-refractivity contribution is 7.89. The van der Waals surface area contributed by atoms with E-state index in [9.17, 15) is 13.2 Å². The predicted molar refractivity (Wildman–Crippen MR) is 103 cm³/mol. The molecular weight excluding hydrogens is 368 g/mol. The van der Waals surface area contributed by atoms with Crippen molar-refractivity contribution in [1.29, 1.82) is 0 Å². The van der Waals surface area contributed by atoms with Crippen molar-refractivity contribution in [3.63, 3.8) is 0 Å². The predicted octanol–water partition coefficient (Wildman–Crippen LogP) is 3.47. The van der Waals surface area contributed by atoms with Gasteiger partial charge in [-0.05, 0) is 37.6 Å². The van der Waals surface area contributed by atoms with Gasteiger partial charge in [0.25, 0.3) is 0 Å². The third-order valence-corrected chi connectivity index (χ3v) is 5.52. The number of ether oxygens (including phenoxy) is 2. The van der Waals surface area contributed by atoms with Gasteiger partial charge in [-0.2, -0.15) is 4.31 Å². The van der Waals surface area contributed by atoms with E-state index in [4.69, 9.17) is 9.47 Å². The lowest BCUT2D eigenvalue weighted by molar-refractivity contribution is 0.167. The SMILES string of the molecule is CCOC(=O)Nc1cc(S(=O)(=O)N(C)Cc2ccccc2)ccc1OCC. The molecule has 0 atom stereocenters. The zero-order chi connectivity index (χ0) is 19.9. The number of hydrogen-bond acceptors (Lipinski definition) is 5. The summed E-state index contributed by atoms with van der Waals surface area (Å²) in [7, 11) is -2.24. The summed E-state index contributed by atoms with van der Waals surface area (Å²) in [5.41, 5.74) is 1.11. The normalized spacial score (nSPS) is 11.3. The molecule has 0 radical (unpaired) electrons. The Balaban J connectivity index is 2.30. The van der Waals surface area contributed by atoms with E-state index in [-0.39, 0.29) is 23.7 Å². The van der Waals surface area contributed by atoms with Crippen LogP contribution in [-0.2, 0) is 21.3 Å². The number of rotatable bonds is 8. The van der Waals surface area contributed by atoms with Crippen LogP contribution in [0.15, 0.2) is 53.4 Å². The van der Waals surface area contributed by atoms with Crippen LogP contribution in [0.1, 0.15) is 19.4 Å². The molecule has 0 heterocycles. The van der Waals surface area contributed by atoms with Crippen molar-refractivity contribution in [3.8, 4) is 5.75 Å². The lowest BCUT2D eigenvalue weighted by Gasteiger charge is -2.19. The Morgan fingerprint density at radius 1 is 1.07 bits per heavy atom. The van der Waals surface area contributed by atoms with Crippen LogP contribution in [0, 0.1) is 0 Å². The van der Waals surface area contributed by atoms with E-state index >= 15 is 0 Å². The lowest BCUT2D eigenvalue weighted by atomic mass is 10.2. The van der Waals surface area contributed by atoms with Gasteiger partial charge < -0.3 is 9.47 Å². The smallest absolute Gasteiger partial charge is 0.411 e. The molecule has 0 aliphatic rings. The number of nitrogens with one attached hydrogen (secondary N) is 1. The molecular formula is C19H24N2O5S. The maximum absolute atomic E-state index is 12.9. The number of sulfonamides is 1. The molecule has 0 unspecified atom stereocenters. The number of carbonyl (C=O) groups is 1. The summed E-state index contributed by atoms with van der Waals surface area (Å²) in [4.78, 5) is 11.8. The van der Waals surface area contributed by atoms with Gasteiger partial charge in [-0.1, -0.05) is 30.3 Å². The first kappa shape index (κ1) is 20.7. The summed E-state index contributed by atoms with van der Waals surface area (Å²) in [6.07, 6.45) is -0.675. The molecule has 27 heavy (non-hydrogen) atoms. The Labute approximate surface area is 160 Å². The van der Waals surface area contributed by atoms with Gasteiger partial charge in [0.05, 0.1) is 23.8 Å². The quantitative estimate of drug-likeness (QED) is 0.743. The first-order valence-electron chi connectivity index (χ1n) is 8.59. The average molecular weight is 392 g/mol. The number of anilines is 1. The van der Waals surface area contributed by atoms with Crippen LogP contribution < -0.4 is 10.1 Å². The molecule has 0 saturated carbocycles. The van der Waals surface area contributed by atoms with E-state index in [0.717, 1.165) is 5.56 Å². The summed E-state index contributed by atoms with van der Waals surface area (Å²) in [5, 5.41) is 2.53. The van der Waals surface area contributed by atoms with E-state index in [2.05, 4.69) is 5.32 Å². The fourth-order valence-electron chi connectivity index (χ4n) is 2.43. The third-order valence-electron chi connectivity index (χ3n) is 3.72. The molecule has 0 spiro atoms. The molecule has 146 valence electrons. The fraction of sp³-hybridized carbons (Fsp3) is 0.316. The monoisotopic (exact) mass is 392 g/mol. The summed E-state index contributed by atoms with van der Waals surface area (Å²) in [6, 6.07) is 13.7. The van der Waals surface area contributed by atoms with Crippen molar-refractivity contribution in [2.24, 2.45) is 0 Å². The van der Waals surface area contributed by atoms with Gasteiger partial charge >= 0.3 is 6.09 Å². The number of hydrogen-bond donors (Lipinski definition) is 1. The molecule has 0 bridgehead atoms. The van der Waals surface area contributed by atoms with Crippen molar-refractivity contribution in [2.75, 3.05) is 25.6 Å². The second-order valence-electron chi connectivity index (χ2n) is 5.68. The third kappa shape index (κ3) is 5.45. The van der Waals surface area contributed by atoms with E-state index in [1.807, 2.05) is 30.3 Å². The topological polar surface area (TPSA) is 84.9 Å². The largest absolute Gasteiger partial charge is 0.492 e. The van der Waals surface area contributed by atoms with E-state index in [1.54, 1.807) is 13.8 Å². The van der Waals surface area contributed by atoms with Crippen LogP contribution in [0.25, 0.3) is 0 Å². The first-order valence-corrected chi connectivity index (χ1v) is 10.0. The van der Waals surface area contributed by atoms with Crippen molar-refractivity contribution >= 4 is 21.8 Å². The molecule has 2 rings (SSSR count). The van der Waals surface area contributed by atoms with Crippen molar-refractivity contribution in [2.45, 2.75) is 25.3 Å². The zero-order valence-electron chi connectivity index (χ0n) is 15.6. The van der Waals surface area contributed by atoms with Crippen LogP contribution in [0.4, 0.5) is 10.5 Å². The van der Waals surface area contributed by atoms with Crippen molar-refractivity contribution in [1.82, 2.24) is 4.31 Å². The summed E-state index contributed by atoms with van der Waals surface area (Å²) in [6.45, 7) is 4.29. The highest BCUT2D eigenvalue weighted by Gasteiger charge is 2.23. The van der Waals surface area contributed by atoms with Crippen LogP contribution in [0.5, 0.6) is 5.75 Å². The summed E-state index contributed by atoms with van der Waals surface area (Å²) in [5.74, 6) is 0.371. The number of amides is 1. The Morgan fingerprint density at radius 3 is 2.41 bits per heavy atom. The van der Waals surface area contributed by atoms with E-state index < -0.39 is 16.1 Å². The van der Waals surface area contributed by atoms with Gasteiger partial charge in [0.15, 0.2) is 0 Å². The number of carbonyl (C=O) groups excluding carboxylic acids is 1. The lowest BCUT2D eigenvalue weighted by Crippen LogP contribution is -2.26. The Morgan fingerprint density at radius 2 is 1.78 bits per heavy atom. The first-order chi connectivity index (χ1) is 12.9. The molecule has 8 heteroatoms. The molecule has 1 amide bonds.